The van der Waals surface area contributed by atoms with E-state index in [0.717, 1.165) is 24.2 Å². The molecule has 0 aliphatic carbocycles. The van der Waals surface area contributed by atoms with Crippen molar-refractivity contribution in [1.29, 1.82) is 0 Å². The number of hydrogen-bond donors (Lipinski definition) is 2. The van der Waals surface area contributed by atoms with Crippen molar-refractivity contribution in [3.05, 3.63) is 22.8 Å². The summed E-state index contributed by atoms with van der Waals surface area (Å²) in [6.07, 6.45) is 2.85. The molecule has 1 amide bonds. The number of aryl methyl sites for hydroxylation is 2. The van der Waals surface area contributed by atoms with E-state index in [9.17, 15) is 4.79 Å². The molecule has 1 aliphatic rings. The van der Waals surface area contributed by atoms with Crippen LogP contribution in [-0.4, -0.2) is 12.5 Å². The Hall–Kier alpha value is -1.51. The number of benzene rings is 1. The summed E-state index contributed by atoms with van der Waals surface area (Å²) < 4.78 is 0. The van der Waals surface area contributed by atoms with Gasteiger partial charge in [-0.2, -0.15) is 0 Å². The molecular weight excluding hydrogens is 248 g/mol. The summed E-state index contributed by atoms with van der Waals surface area (Å²) in [6.45, 7) is 11.4. The van der Waals surface area contributed by atoms with Crippen LogP contribution in [0.5, 0.6) is 0 Å². The summed E-state index contributed by atoms with van der Waals surface area (Å²) in [7, 11) is 0. The number of anilines is 2. The maximum atomic E-state index is 12.2. The van der Waals surface area contributed by atoms with E-state index in [1.165, 1.54) is 23.2 Å². The molecule has 0 atom stereocenters. The van der Waals surface area contributed by atoms with Crippen LogP contribution in [0.3, 0.4) is 0 Å². The molecule has 0 aromatic heterocycles. The maximum absolute atomic E-state index is 12.2. The molecular formula is C17H26N2O. The number of rotatable bonds is 2. The molecule has 0 saturated carbocycles. The molecule has 0 bridgehead atoms. The number of nitrogens with one attached hydrogen (secondary N) is 2. The standard InChI is InChI=1S/C17H26N2O/c1-11-9-13-7-6-8-18-16(13)12(2)15(11)19-14(20)10-17(3,4)5/h9,18H,6-8,10H2,1-5H3,(H,19,20). The van der Waals surface area contributed by atoms with E-state index in [0.29, 0.717) is 6.42 Å². The van der Waals surface area contributed by atoms with Gasteiger partial charge in [-0.3, -0.25) is 4.79 Å². The summed E-state index contributed by atoms with van der Waals surface area (Å²) in [5.41, 5.74) is 5.91. The molecule has 20 heavy (non-hydrogen) atoms. The van der Waals surface area contributed by atoms with Crippen LogP contribution in [0.25, 0.3) is 0 Å². The van der Waals surface area contributed by atoms with Crippen molar-refractivity contribution in [3.63, 3.8) is 0 Å². The van der Waals surface area contributed by atoms with E-state index in [-0.39, 0.29) is 11.3 Å². The van der Waals surface area contributed by atoms with Crippen molar-refractivity contribution in [2.24, 2.45) is 5.41 Å². The molecule has 1 aromatic rings. The van der Waals surface area contributed by atoms with Crippen molar-refractivity contribution in [1.82, 2.24) is 0 Å². The van der Waals surface area contributed by atoms with Crippen molar-refractivity contribution >= 4 is 17.3 Å². The summed E-state index contributed by atoms with van der Waals surface area (Å²) in [5, 5.41) is 6.57. The van der Waals surface area contributed by atoms with Crippen LogP contribution in [0.2, 0.25) is 0 Å². The van der Waals surface area contributed by atoms with Gasteiger partial charge in [0.05, 0.1) is 0 Å². The summed E-state index contributed by atoms with van der Waals surface area (Å²) >= 11 is 0. The van der Waals surface area contributed by atoms with Crippen LogP contribution in [-0.2, 0) is 11.2 Å². The van der Waals surface area contributed by atoms with Gasteiger partial charge in [-0.05, 0) is 48.8 Å². The fraction of sp³-hybridized carbons (Fsp3) is 0.588. The predicted molar refractivity (Wildman–Crippen MR) is 85.4 cm³/mol. The highest BCUT2D eigenvalue weighted by molar-refractivity contribution is 5.94. The van der Waals surface area contributed by atoms with E-state index in [1.807, 2.05) is 0 Å². The third-order valence-electron chi connectivity index (χ3n) is 3.74. The topological polar surface area (TPSA) is 41.1 Å². The van der Waals surface area contributed by atoms with Gasteiger partial charge >= 0.3 is 0 Å². The normalized spacial score (nSPS) is 14.4. The number of fused-ring (bicyclic) bond motifs is 1. The molecule has 0 saturated heterocycles. The molecule has 2 N–H and O–H groups in total. The molecule has 1 heterocycles. The minimum absolute atomic E-state index is 0.0123. The first-order valence-electron chi connectivity index (χ1n) is 7.45. The van der Waals surface area contributed by atoms with E-state index in [1.54, 1.807) is 0 Å². The first kappa shape index (κ1) is 14.9. The molecule has 3 nitrogen and oxygen atoms in total. The molecule has 3 heteroatoms. The molecule has 0 radical (unpaired) electrons. The Morgan fingerprint density at radius 1 is 1.35 bits per heavy atom. The van der Waals surface area contributed by atoms with Crippen LogP contribution >= 0.6 is 0 Å². The molecule has 110 valence electrons. The largest absolute Gasteiger partial charge is 0.385 e. The smallest absolute Gasteiger partial charge is 0.224 e. The Morgan fingerprint density at radius 2 is 2.05 bits per heavy atom. The second kappa shape index (κ2) is 5.47. The number of hydrogen-bond acceptors (Lipinski definition) is 2. The third-order valence-corrected chi connectivity index (χ3v) is 3.74. The highest BCUT2D eigenvalue weighted by Crippen LogP contribution is 2.34. The molecule has 2 rings (SSSR count). The van der Waals surface area contributed by atoms with Gasteiger partial charge in [0.15, 0.2) is 0 Å². The predicted octanol–water partition coefficient (Wildman–Crippen LogP) is 4.04. The molecule has 1 aliphatic heterocycles. The third kappa shape index (κ3) is 3.33. The first-order chi connectivity index (χ1) is 9.28. The summed E-state index contributed by atoms with van der Waals surface area (Å²) in [5.74, 6) is 0.0967. The highest BCUT2D eigenvalue weighted by atomic mass is 16.1. The van der Waals surface area contributed by atoms with Gasteiger partial charge in [-0.25, -0.2) is 0 Å². The molecule has 1 aromatic carbocycles. The second-order valence-electron chi connectivity index (χ2n) is 7.04. The number of carbonyl (C=O) groups excluding carboxylic acids is 1. The van der Waals surface area contributed by atoms with Crippen molar-refractivity contribution in [2.75, 3.05) is 17.2 Å². The Balaban J connectivity index is 2.26. The van der Waals surface area contributed by atoms with Crippen LogP contribution in [0.15, 0.2) is 6.07 Å². The number of amides is 1. The van der Waals surface area contributed by atoms with Gasteiger partial charge < -0.3 is 10.6 Å². The van der Waals surface area contributed by atoms with Gasteiger partial charge in [0.25, 0.3) is 0 Å². The van der Waals surface area contributed by atoms with Crippen molar-refractivity contribution in [2.45, 2.75) is 53.9 Å². The average Bonchev–Trinajstić information content (AvgIpc) is 2.32. The lowest BCUT2D eigenvalue weighted by molar-refractivity contribution is -0.117. The fourth-order valence-electron chi connectivity index (χ4n) is 2.86. The zero-order valence-corrected chi connectivity index (χ0v) is 13.3. The summed E-state index contributed by atoms with van der Waals surface area (Å²) in [4.78, 5) is 12.2. The van der Waals surface area contributed by atoms with Gasteiger partial charge in [0.1, 0.15) is 0 Å². The Bertz CT molecular complexity index is 527. The van der Waals surface area contributed by atoms with E-state index >= 15 is 0 Å². The second-order valence-corrected chi connectivity index (χ2v) is 7.04. The summed E-state index contributed by atoms with van der Waals surface area (Å²) in [6, 6.07) is 2.21. The van der Waals surface area contributed by atoms with Gasteiger partial charge in [-0.1, -0.05) is 26.8 Å². The monoisotopic (exact) mass is 274 g/mol. The van der Waals surface area contributed by atoms with Crippen LogP contribution in [0.4, 0.5) is 11.4 Å². The van der Waals surface area contributed by atoms with Gasteiger partial charge in [-0.15, -0.1) is 0 Å². The van der Waals surface area contributed by atoms with E-state index in [4.69, 9.17) is 0 Å². The molecule has 0 spiro atoms. The zero-order valence-electron chi connectivity index (χ0n) is 13.3. The maximum Gasteiger partial charge on any atom is 0.224 e. The zero-order chi connectivity index (χ0) is 14.9. The average molecular weight is 274 g/mol. The van der Waals surface area contributed by atoms with Crippen LogP contribution in [0, 0.1) is 19.3 Å². The van der Waals surface area contributed by atoms with E-state index in [2.05, 4.69) is 51.3 Å². The van der Waals surface area contributed by atoms with Gasteiger partial charge in [0.2, 0.25) is 5.91 Å². The minimum atomic E-state index is 0.0123. The number of carbonyl (C=O) groups is 1. The molecule has 0 fully saturated rings. The fourth-order valence-corrected chi connectivity index (χ4v) is 2.86. The van der Waals surface area contributed by atoms with Gasteiger partial charge in [0, 0.05) is 24.3 Å². The van der Waals surface area contributed by atoms with Crippen molar-refractivity contribution < 1.29 is 4.79 Å². The Morgan fingerprint density at radius 3 is 2.70 bits per heavy atom. The highest BCUT2D eigenvalue weighted by Gasteiger charge is 2.20. The minimum Gasteiger partial charge on any atom is -0.385 e. The lowest BCUT2D eigenvalue weighted by atomic mass is 9.91. The van der Waals surface area contributed by atoms with Crippen molar-refractivity contribution in [3.8, 4) is 0 Å². The first-order valence-corrected chi connectivity index (χ1v) is 7.45. The quantitative estimate of drug-likeness (QED) is 0.854. The Labute approximate surface area is 122 Å². The SMILES string of the molecule is Cc1cc2c(c(C)c1NC(=O)CC(C)(C)C)NCCC2. The van der Waals surface area contributed by atoms with E-state index < -0.39 is 0 Å². The lowest BCUT2D eigenvalue weighted by Gasteiger charge is -2.25. The molecule has 0 unspecified atom stereocenters. The Kier molecular flexibility index (Phi) is 4.07. The van der Waals surface area contributed by atoms with Crippen LogP contribution in [0.1, 0.15) is 50.3 Å². The van der Waals surface area contributed by atoms with Crippen LogP contribution < -0.4 is 10.6 Å². The lowest BCUT2D eigenvalue weighted by Crippen LogP contribution is -2.22.